The van der Waals surface area contributed by atoms with E-state index in [-0.39, 0.29) is 5.75 Å². The minimum absolute atomic E-state index is 0.138. The quantitative estimate of drug-likeness (QED) is 0.731. The van der Waals surface area contributed by atoms with E-state index in [1.54, 1.807) is 24.3 Å². The summed E-state index contributed by atoms with van der Waals surface area (Å²) in [6, 6.07) is 18.0. The fourth-order valence-electron chi connectivity index (χ4n) is 3.10. The zero-order valence-electron chi connectivity index (χ0n) is 15.1. The zero-order chi connectivity index (χ0) is 19.1. The average molecular weight is 385 g/mol. The zero-order valence-corrected chi connectivity index (χ0v) is 15.9. The molecule has 0 unspecified atom stereocenters. The molecule has 0 aromatic heterocycles. The first-order chi connectivity index (χ1) is 13.1. The molecule has 1 saturated heterocycles. The van der Waals surface area contributed by atoms with Crippen molar-refractivity contribution in [1.29, 1.82) is 5.26 Å². The number of nitriles is 1. The fraction of sp³-hybridized carbons (Fsp3) is 0.350. The van der Waals surface area contributed by atoms with Crippen molar-refractivity contribution in [2.45, 2.75) is 5.75 Å². The Labute approximate surface area is 160 Å². The van der Waals surface area contributed by atoms with Gasteiger partial charge < -0.3 is 4.74 Å². The number of para-hydroxylation sites is 1. The SMILES string of the molecule is N#Cc1cccc(CS(=O)(=O)N(CCN2CCOCC2)c2ccccc2)c1. The number of benzene rings is 2. The van der Waals surface area contributed by atoms with E-state index in [0.29, 0.717) is 43.1 Å². The standard InChI is InChI=1S/C20H23N3O3S/c21-16-18-5-4-6-19(15-18)17-27(24,25)23(20-7-2-1-3-8-20)10-9-22-11-13-26-14-12-22/h1-8,15H,9-14,17H2. The lowest BCUT2D eigenvalue weighted by atomic mass is 10.2. The van der Waals surface area contributed by atoms with Crippen molar-refractivity contribution in [3.05, 3.63) is 65.7 Å². The second-order valence-electron chi connectivity index (χ2n) is 6.43. The third-order valence-corrected chi connectivity index (χ3v) is 6.27. The number of ether oxygens (including phenoxy) is 1. The van der Waals surface area contributed by atoms with Crippen LogP contribution in [0.3, 0.4) is 0 Å². The summed E-state index contributed by atoms with van der Waals surface area (Å²) in [4.78, 5) is 2.21. The number of sulfonamides is 1. The van der Waals surface area contributed by atoms with Crippen molar-refractivity contribution in [3.63, 3.8) is 0 Å². The van der Waals surface area contributed by atoms with Crippen LogP contribution in [0.25, 0.3) is 0 Å². The molecule has 27 heavy (non-hydrogen) atoms. The molecular weight excluding hydrogens is 362 g/mol. The third-order valence-electron chi connectivity index (χ3n) is 4.51. The summed E-state index contributed by atoms with van der Waals surface area (Å²) >= 11 is 0. The Morgan fingerprint density at radius 1 is 1.07 bits per heavy atom. The molecule has 0 aliphatic carbocycles. The molecule has 0 bridgehead atoms. The van der Waals surface area contributed by atoms with Crippen molar-refractivity contribution in [1.82, 2.24) is 4.90 Å². The number of hydrogen-bond donors (Lipinski definition) is 0. The Bertz CT molecular complexity index is 888. The molecule has 0 N–H and O–H groups in total. The Morgan fingerprint density at radius 2 is 1.81 bits per heavy atom. The lowest BCUT2D eigenvalue weighted by Crippen LogP contribution is -2.43. The van der Waals surface area contributed by atoms with E-state index in [2.05, 4.69) is 11.0 Å². The summed E-state index contributed by atoms with van der Waals surface area (Å²) in [6.07, 6.45) is 0. The van der Waals surface area contributed by atoms with E-state index < -0.39 is 10.0 Å². The van der Waals surface area contributed by atoms with E-state index in [4.69, 9.17) is 10.00 Å². The first-order valence-corrected chi connectivity index (χ1v) is 10.5. The van der Waals surface area contributed by atoms with Gasteiger partial charge in [-0.25, -0.2) is 8.42 Å². The van der Waals surface area contributed by atoms with Gasteiger partial charge in [0, 0.05) is 26.2 Å². The Hall–Kier alpha value is -2.40. The molecule has 1 aliphatic heterocycles. The monoisotopic (exact) mass is 385 g/mol. The van der Waals surface area contributed by atoms with Gasteiger partial charge in [0.2, 0.25) is 10.0 Å². The van der Waals surface area contributed by atoms with Gasteiger partial charge in [-0.3, -0.25) is 9.21 Å². The Kier molecular flexibility index (Phi) is 6.45. The lowest BCUT2D eigenvalue weighted by Gasteiger charge is -2.30. The van der Waals surface area contributed by atoms with E-state index >= 15 is 0 Å². The van der Waals surface area contributed by atoms with Crippen LogP contribution in [0, 0.1) is 11.3 Å². The molecule has 0 saturated carbocycles. The molecule has 7 heteroatoms. The third kappa shape index (κ3) is 5.30. The predicted molar refractivity (Wildman–Crippen MR) is 105 cm³/mol. The molecular formula is C20H23N3O3S. The molecule has 1 aliphatic rings. The summed E-state index contributed by atoms with van der Waals surface area (Å²) in [6.45, 7) is 4.01. The van der Waals surface area contributed by atoms with Gasteiger partial charge in [-0.15, -0.1) is 0 Å². The van der Waals surface area contributed by atoms with E-state index in [1.165, 1.54) is 4.31 Å². The first-order valence-electron chi connectivity index (χ1n) is 8.93. The molecule has 1 heterocycles. The molecule has 2 aromatic carbocycles. The van der Waals surface area contributed by atoms with Crippen molar-refractivity contribution in [3.8, 4) is 6.07 Å². The highest BCUT2D eigenvalue weighted by molar-refractivity contribution is 7.92. The van der Waals surface area contributed by atoms with Crippen LogP contribution < -0.4 is 4.31 Å². The highest BCUT2D eigenvalue weighted by Crippen LogP contribution is 2.21. The number of nitrogens with zero attached hydrogens (tertiary/aromatic N) is 3. The van der Waals surface area contributed by atoms with Gasteiger partial charge in [0.1, 0.15) is 0 Å². The van der Waals surface area contributed by atoms with Crippen molar-refractivity contribution >= 4 is 15.7 Å². The first kappa shape index (κ1) is 19.4. The van der Waals surface area contributed by atoms with Gasteiger partial charge in [0.25, 0.3) is 0 Å². The number of hydrogen-bond acceptors (Lipinski definition) is 5. The summed E-state index contributed by atoms with van der Waals surface area (Å²) in [5.41, 5.74) is 1.73. The second-order valence-corrected chi connectivity index (χ2v) is 8.32. The molecule has 0 radical (unpaired) electrons. The lowest BCUT2D eigenvalue weighted by molar-refractivity contribution is 0.0395. The molecule has 0 spiro atoms. The van der Waals surface area contributed by atoms with Gasteiger partial charge in [-0.05, 0) is 29.8 Å². The van der Waals surface area contributed by atoms with Gasteiger partial charge in [-0.1, -0.05) is 30.3 Å². The van der Waals surface area contributed by atoms with Crippen LogP contribution in [0.15, 0.2) is 54.6 Å². The number of morpholine rings is 1. The highest BCUT2D eigenvalue weighted by Gasteiger charge is 2.24. The maximum Gasteiger partial charge on any atom is 0.239 e. The van der Waals surface area contributed by atoms with Crippen LogP contribution in [0.1, 0.15) is 11.1 Å². The summed E-state index contributed by atoms with van der Waals surface area (Å²) in [5.74, 6) is -0.138. The summed E-state index contributed by atoms with van der Waals surface area (Å²) in [5, 5.41) is 9.05. The van der Waals surface area contributed by atoms with Gasteiger partial charge in [0.15, 0.2) is 0 Å². The van der Waals surface area contributed by atoms with Crippen LogP contribution in [0.5, 0.6) is 0 Å². The largest absolute Gasteiger partial charge is 0.379 e. The van der Waals surface area contributed by atoms with Crippen LogP contribution in [-0.2, 0) is 20.5 Å². The molecule has 142 valence electrons. The van der Waals surface area contributed by atoms with Gasteiger partial charge in [-0.2, -0.15) is 5.26 Å². The molecule has 0 amide bonds. The number of anilines is 1. The fourth-order valence-corrected chi connectivity index (χ4v) is 4.66. The molecule has 1 fully saturated rings. The topological polar surface area (TPSA) is 73.6 Å². The second kappa shape index (κ2) is 9.00. The van der Waals surface area contributed by atoms with E-state index in [0.717, 1.165) is 13.1 Å². The predicted octanol–water partition coefficient (Wildman–Crippen LogP) is 2.23. The molecule has 6 nitrogen and oxygen atoms in total. The van der Waals surface area contributed by atoms with Crippen molar-refractivity contribution < 1.29 is 13.2 Å². The smallest absolute Gasteiger partial charge is 0.239 e. The average Bonchev–Trinajstić information content (AvgIpc) is 2.69. The number of rotatable bonds is 7. The Morgan fingerprint density at radius 3 is 2.52 bits per heavy atom. The molecule has 3 rings (SSSR count). The maximum atomic E-state index is 13.2. The van der Waals surface area contributed by atoms with Crippen molar-refractivity contribution in [2.75, 3.05) is 43.7 Å². The minimum Gasteiger partial charge on any atom is -0.379 e. The van der Waals surface area contributed by atoms with Gasteiger partial charge in [0.05, 0.1) is 36.3 Å². The summed E-state index contributed by atoms with van der Waals surface area (Å²) < 4.78 is 33.2. The normalized spacial score (nSPS) is 15.2. The van der Waals surface area contributed by atoms with E-state index in [9.17, 15) is 8.42 Å². The van der Waals surface area contributed by atoms with Crippen LogP contribution in [0.2, 0.25) is 0 Å². The van der Waals surface area contributed by atoms with Crippen LogP contribution in [-0.4, -0.2) is 52.7 Å². The minimum atomic E-state index is -3.59. The van der Waals surface area contributed by atoms with Crippen LogP contribution in [0.4, 0.5) is 5.69 Å². The van der Waals surface area contributed by atoms with E-state index in [1.807, 2.05) is 30.3 Å². The summed E-state index contributed by atoms with van der Waals surface area (Å²) in [7, 11) is -3.59. The highest BCUT2D eigenvalue weighted by atomic mass is 32.2. The van der Waals surface area contributed by atoms with Crippen LogP contribution >= 0.6 is 0 Å². The van der Waals surface area contributed by atoms with Gasteiger partial charge >= 0.3 is 0 Å². The molecule has 2 aromatic rings. The maximum absolute atomic E-state index is 13.2. The molecule has 0 atom stereocenters. The Balaban J connectivity index is 1.80. The van der Waals surface area contributed by atoms with Crippen molar-refractivity contribution in [2.24, 2.45) is 0 Å².